The van der Waals surface area contributed by atoms with E-state index in [1.165, 1.54) is 0 Å². The van der Waals surface area contributed by atoms with Crippen molar-refractivity contribution < 1.29 is 18.8 Å². The Balaban J connectivity index is 1.50. The van der Waals surface area contributed by atoms with Crippen molar-refractivity contribution in [2.45, 2.75) is 25.4 Å². The number of likely N-dealkylation sites (tertiary alicyclic amines) is 1. The number of amides is 1. The number of ether oxygens (including phenoxy) is 2. The smallest absolute Gasteiger partial charge is 0.270 e. The Hall–Kier alpha value is -2.19. The number of hydrogen-bond donors (Lipinski definition) is 0. The molecule has 1 amide bonds. The Morgan fingerprint density at radius 3 is 2.84 bits per heavy atom. The van der Waals surface area contributed by atoms with Gasteiger partial charge in [0.2, 0.25) is 0 Å². The minimum absolute atomic E-state index is 0.0753. The lowest BCUT2D eigenvalue weighted by Gasteiger charge is -2.30. The fourth-order valence-corrected chi connectivity index (χ4v) is 2.98. The minimum Gasteiger partial charge on any atom is -0.382 e. The van der Waals surface area contributed by atoms with E-state index in [0.29, 0.717) is 50.3 Å². The third kappa shape index (κ3) is 4.26. The van der Waals surface area contributed by atoms with Crippen LogP contribution in [0.15, 0.2) is 22.9 Å². The molecule has 136 valence electrons. The molecule has 1 fully saturated rings. The summed E-state index contributed by atoms with van der Waals surface area (Å²) in [7, 11) is 3.51. The molecule has 0 N–H and O–H groups in total. The van der Waals surface area contributed by atoms with E-state index in [4.69, 9.17) is 14.0 Å². The molecule has 2 aromatic heterocycles. The molecule has 0 atom stereocenters. The van der Waals surface area contributed by atoms with E-state index in [1.807, 2.05) is 34.8 Å². The Morgan fingerprint density at radius 1 is 1.36 bits per heavy atom. The monoisotopic (exact) mass is 348 g/mol. The maximum absolute atomic E-state index is 12.5. The van der Waals surface area contributed by atoms with Crippen molar-refractivity contribution >= 4 is 5.91 Å². The van der Waals surface area contributed by atoms with Crippen molar-refractivity contribution in [1.29, 1.82) is 0 Å². The first-order valence-electron chi connectivity index (χ1n) is 8.49. The van der Waals surface area contributed by atoms with Crippen molar-refractivity contribution in [3.05, 3.63) is 35.7 Å². The molecule has 3 heterocycles. The van der Waals surface area contributed by atoms with Gasteiger partial charge >= 0.3 is 0 Å². The van der Waals surface area contributed by atoms with E-state index in [0.717, 1.165) is 12.8 Å². The van der Waals surface area contributed by atoms with Crippen molar-refractivity contribution in [3.8, 4) is 0 Å². The van der Waals surface area contributed by atoms with Crippen LogP contribution in [0.5, 0.6) is 0 Å². The van der Waals surface area contributed by atoms with Crippen molar-refractivity contribution in [2.24, 2.45) is 7.05 Å². The first-order valence-corrected chi connectivity index (χ1v) is 8.49. The summed E-state index contributed by atoms with van der Waals surface area (Å²) in [5.41, 5.74) is 0.716. The quantitative estimate of drug-likeness (QED) is 0.707. The van der Waals surface area contributed by atoms with E-state index in [-0.39, 0.29) is 11.8 Å². The van der Waals surface area contributed by atoms with Gasteiger partial charge in [0.25, 0.3) is 11.8 Å². The van der Waals surface area contributed by atoms with Crippen LogP contribution in [0, 0.1) is 0 Å². The highest BCUT2D eigenvalue weighted by atomic mass is 16.5. The third-order valence-electron chi connectivity index (χ3n) is 4.45. The third-order valence-corrected chi connectivity index (χ3v) is 4.45. The van der Waals surface area contributed by atoms with Gasteiger partial charge in [-0.1, -0.05) is 5.16 Å². The van der Waals surface area contributed by atoms with Gasteiger partial charge in [-0.05, 0) is 25.0 Å². The van der Waals surface area contributed by atoms with E-state index >= 15 is 0 Å². The molecule has 8 nitrogen and oxygen atoms in total. The summed E-state index contributed by atoms with van der Waals surface area (Å²) in [5, 5.41) is 4.07. The zero-order chi connectivity index (χ0) is 17.6. The van der Waals surface area contributed by atoms with Gasteiger partial charge in [0.05, 0.1) is 13.2 Å². The number of methoxy groups -OCH3 is 1. The van der Waals surface area contributed by atoms with Crippen molar-refractivity contribution in [2.75, 3.05) is 33.4 Å². The molecule has 0 saturated carbocycles. The Kier molecular flexibility index (Phi) is 5.83. The van der Waals surface area contributed by atoms with Gasteiger partial charge in [0, 0.05) is 39.4 Å². The number of nitrogens with zero attached hydrogens (tertiary/aromatic N) is 4. The zero-order valence-electron chi connectivity index (χ0n) is 14.7. The van der Waals surface area contributed by atoms with E-state index in [1.54, 1.807) is 7.11 Å². The van der Waals surface area contributed by atoms with Gasteiger partial charge in [0.15, 0.2) is 5.82 Å². The van der Waals surface area contributed by atoms with Gasteiger partial charge < -0.3 is 23.5 Å². The summed E-state index contributed by atoms with van der Waals surface area (Å²) in [5.74, 6) is 1.48. The number of carbonyl (C=O) groups is 1. The van der Waals surface area contributed by atoms with Crippen LogP contribution in [0.4, 0.5) is 0 Å². The van der Waals surface area contributed by atoms with Crippen LogP contribution in [0.2, 0.25) is 0 Å². The second kappa shape index (κ2) is 8.26. The van der Waals surface area contributed by atoms with Crippen LogP contribution in [-0.2, 0) is 23.1 Å². The molecule has 1 aliphatic rings. The highest BCUT2D eigenvalue weighted by Crippen LogP contribution is 2.26. The predicted octanol–water partition coefficient (Wildman–Crippen LogP) is 1.59. The lowest BCUT2D eigenvalue weighted by atomic mass is 9.96. The lowest BCUT2D eigenvalue weighted by Crippen LogP contribution is -2.38. The molecule has 2 aromatic rings. The molecule has 0 unspecified atom stereocenters. The second-order valence-electron chi connectivity index (χ2n) is 6.16. The second-order valence-corrected chi connectivity index (χ2v) is 6.16. The number of piperidine rings is 1. The number of rotatable bonds is 7. The lowest BCUT2D eigenvalue weighted by molar-refractivity contribution is 0.0494. The van der Waals surface area contributed by atoms with Crippen molar-refractivity contribution in [3.63, 3.8) is 0 Å². The molecule has 0 radical (unpaired) electrons. The van der Waals surface area contributed by atoms with Crippen LogP contribution in [0.25, 0.3) is 0 Å². The number of aryl methyl sites for hydroxylation is 1. The van der Waals surface area contributed by atoms with Crippen LogP contribution >= 0.6 is 0 Å². The number of aromatic nitrogens is 3. The zero-order valence-corrected chi connectivity index (χ0v) is 14.7. The number of carbonyl (C=O) groups excluding carboxylic acids is 1. The Morgan fingerprint density at radius 2 is 2.16 bits per heavy atom. The standard InChI is InChI=1S/C17H24N4O4/c1-20-7-3-4-14(20)17(22)21-8-5-13(6-9-21)16-18-15(25-19-16)12-24-11-10-23-2/h3-4,7,13H,5-6,8-12H2,1-2H3. The van der Waals surface area contributed by atoms with Gasteiger partial charge in [-0.25, -0.2) is 0 Å². The fraction of sp³-hybridized carbons (Fsp3) is 0.588. The van der Waals surface area contributed by atoms with Gasteiger partial charge in [0.1, 0.15) is 12.3 Å². The molecule has 8 heteroatoms. The highest BCUT2D eigenvalue weighted by molar-refractivity contribution is 5.92. The van der Waals surface area contributed by atoms with Crippen LogP contribution in [0.3, 0.4) is 0 Å². The van der Waals surface area contributed by atoms with Crippen LogP contribution < -0.4 is 0 Å². The van der Waals surface area contributed by atoms with Crippen LogP contribution in [0.1, 0.15) is 41.0 Å². The first kappa shape index (κ1) is 17.6. The summed E-state index contributed by atoms with van der Waals surface area (Å²) >= 11 is 0. The molecule has 0 bridgehead atoms. The maximum Gasteiger partial charge on any atom is 0.270 e. The molecular weight excluding hydrogens is 324 g/mol. The normalized spacial score (nSPS) is 15.7. The molecule has 0 spiro atoms. The SMILES string of the molecule is COCCOCc1nc(C2CCN(C(=O)c3cccn3C)CC2)no1. The fourth-order valence-electron chi connectivity index (χ4n) is 2.98. The summed E-state index contributed by atoms with van der Waals surface area (Å²) in [4.78, 5) is 18.8. The molecule has 1 saturated heterocycles. The maximum atomic E-state index is 12.5. The van der Waals surface area contributed by atoms with E-state index in [9.17, 15) is 4.79 Å². The summed E-state index contributed by atoms with van der Waals surface area (Å²) < 4.78 is 17.4. The predicted molar refractivity (Wildman–Crippen MR) is 89.1 cm³/mol. The van der Waals surface area contributed by atoms with Gasteiger partial charge in [-0.15, -0.1) is 0 Å². The average Bonchev–Trinajstić information content (AvgIpc) is 3.27. The summed E-state index contributed by atoms with van der Waals surface area (Å²) in [6.07, 6.45) is 3.55. The number of hydrogen-bond acceptors (Lipinski definition) is 6. The minimum atomic E-state index is 0.0753. The van der Waals surface area contributed by atoms with E-state index in [2.05, 4.69) is 10.1 Å². The largest absolute Gasteiger partial charge is 0.382 e. The molecule has 0 aromatic carbocycles. The molecule has 1 aliphatic heterocycles. The first-order chi connectivity index (χ1) is 12.2. The van der Waals surface area contributed by atoms with Crippen molar-refractivity contribution in [1.82, 2.24) is 19.6 Å². The highest BCUT2D eigenvalue weighted by Gasteiger charge is 2.28. The van der Waals surface area contributed by atoms with Gasteiger partial charge in [-0.3, -0.25) is 4.79 Å². The Bertz CT molecular complexity index is 688. The molecule has 25 heavy (non-hydrogen) atoms. The van der Waals surface area contributed by atoms with Crippen LogP contribution in [-0.4, -0.2) is 58.9 Å². The topological polar surface area (TPSA) is 82.6 Å². The Labute approximate surface area is 146 Å². The van der Waals surface area contributed by atoms with E-state index < -0.39 is 0 Å². The molecule has 0 aliphatic carbocycles. The molecule has 3 rings (SSSR count). The molecular formula is C17H24N4O4. The van der Waals surface area contributed by atoms with Gasteiger partial charge in [-0.2, -0.15) is 4.98 Å². The average molecular weight is 348 g/mol. The summed E-state index contributed by atoms with van der Waals surface area (Å²) in [6.45, 7) is 2.72. The summed E-state index contributed by atoms with van der Waals surface area (Å²) in [6, 6.07) is 3.74.